The molecule has 1 rings (SSSR count). The van der Waals surface area contributed by atoms with E-state index in [1.54, 1.807) is 0 Å². The van der Waals surface area contributed by atoms with Crippen LogP contribution in [0.15, 0.2) is 16.8 Å². The van der Waals surface area contributed by atoms with Gasteiger partial charge in [0.25, 0.3) is 0 Å². The second-order valence-electron chi connectivity index (χ2n) is 1.94. The second-order valence-corrected chi connectivity index (χ2v) is 1.94. The monoisotopic (exact) mass is 157 g/mol. The average molecular weight is 157 g/mol. The fraction of sp³-hybridized carbons (Fsp3) is 0.200. The Labute approximate surface area is 62.0 Å². The molecule has 0 aromatic heterocycles. The fourth-order valence-electron chi connectivity index (χ4n) is 0.666. The minimum atomic E-state index is -1.18. The summed E-state index contributed by atoms with van der Waals surface area (Å²) in [5.74, 6) is -1.28. The maximum absolute atomic E-state index is 10.3. The molecule has 1 atom stereocenters. The number of hydrogen-bond donors (Lipinski definition) is 4. The first-order valence-corrected chi connectivity index (χ1v) is 2.83. The summed E-state index contributed by atoms with van der Waals surface area (Å²) in [4.78, 5) is 13.7. The van der Waals surface area contributed by atoms with Crippen LogP contribution in [-0.4, -0.2) is 28.4 Å². The molecule has 0 amide bonds. The number of aliphatic carboxylic acids is 1. The Balaban J connectivity index is 2.79. The summed E-state index contributed by atoms with van der Waals surface area (Å²) < 4.78 is 0. The van der Waals surface area contributed by atoms with Gasteiger partial charge in [-0.15, -0.1) is 0 Å². The van der Waals surface area contributed by atoms with Crippen LogP contribution < -0.4 is 11.1 Å². The minimum absolute atomic E-state index is 0.0996. The lowest BCUT2D eigenvalue weighted by Crippen LogP contribution is -2.38. The number of carbonyl (C=O) groups is 1. The smallest absolute Gasteiger partial charge is 0.352 e. The topological polar surface area (TPSA) is 108 Å². The molecule has 6 heteroatoms. The standard InChI is InChI=1S/C5H7N3O3/c6-5-7-2(4(10)11)1-3(9)8-5/h1,3,9H,(H,10,11)(H3,6,7,8). The number of hydrogen-bond acceptors (Lipinski definition) is 5. The highest BCUT2D eigenvalue weighted by Crippen LogP contribution is 2.00. The number of nitrogens with two attached hydrogens (primary N) is 1. The number of aliphatic imine (C=N–C) groups is 1. The third kappa shape index (κ3) is 1.68. The van der Waals surface area contributed by atoms with Gasteiger partial charge < -0.3 is 21.3 Å². The SMILES string of the molecule is NC1=NC(O)C=C(C(=O)O)N1. The van der Waals surface area contributed by atoms with Crippen molar-refractivity contribution in [2.75, 3.05) is 0 Å². The van der Waals surface area contributed by atoms with Crippen molar-refractivity contribution >= 4 is 11.9 Å². The first kappa shape index (κ1) is 7.55. The van der Waals surface area contributed by atoms with Crippen LogP contribution in [-0.2, 0) is 4.79 Å². The molecule has 11 heavy (non-hydrogen) atoms. The highest BCUT2D eigenvalue weighted by atomic mass is 16.4. The maximum Gasteiger partial charge on any atom is 0.352 e. The number of carboxylic acid groups (broad SMARTS) is 1. The van der Waals surface area contributed by atoms with Crippen molar-refractivity contribution in [1.82, 2.24) is 5.32 Å². The number of aliphatic hydroxyl groups is 1. The summed E-state index contributed by atoms with van der Waals surface area (Å²) in [6, 6.07) is 0. The van der Waals surface area contributed by atoms with E-state index in [9.17, 15) is 4.79 Å². The Bertz CT molecular complexity index is 245. The van der Waals surface area contributed by atoms with E-state index in [-0.39, 0.29) is 11.7 Å². The Hall–Kier alpha value is -1.56. The number of nitrogens with one attached hydrogen (secondary N) is 1. The molecule has 0 saturated heterocycles. The summed E-state index contributed by atoms with van der Waals surface area (Å²) in [7, 11) is 0. The summed E-state index contributed by atoms with van der Waals surface area (Å²) in [5, 5.41) is 19.5. The van der Waals surface area contributed by atoms with Crippen LogP contribution in [0.4, 0.5) is 0 Å². The number of carboxylic acids is 1. The molecule has 0 radical (unpaired) electrons. The summed E-state index contributed by atoms with van der Waals surface area (Å²) in [5.41, 5.74) is 4.97. The van der Waals surface area contributed by atoms with Gasteiger partial charge in [0.2, 0.25) is 0 Å². The van der Waals surface area contributed by atoms with Gasteiger partial charge >= 0.3 is 5.97 Å². The molecule has 60 valence electrons. The number of nitrogens with zero attached hydrogens (tertiary/aromatic N) is 1. The molecule has 5 N–H and O–H groups in total. The van der Waals surface area contributed by atoms with Gasteiger partial charge in [-0.3, -0.25) is 0 Å². The van der Waals surface area contributed by atoms with Crippen molar-refractivity contribution in [1.29, 1.82) is 0 Å². The van der Waals surface area contributed by atoms with Gasteiger partial charge in [0.15, 0.2) is 12.2 Å². The Morgan fingerprint density at radius 2 is 2.45 bits per heavy atom. The Morgan fingerprint density at radius 3 is 2.91 bits per heavy atom. The first-order valence-electron chi connectivity index (χ1n) is 2.83. The lowest BCUT2D eigenvalue weighted by molar-refractivity contribution is -0.133. The Morgan fingerprint density at radius 1 is 1.82 bits per heavy atom. The highest BCUT2D eigenvalue weighted by Gasteiger charge is 2.15. The summed E-state index contributed by atoms with van der Waals surface area (Å²) in [6.45, 7) is 0. The van der Waals surface area contributed by atoms with Gasteiger partial charge in [-0.1, -0.05) is 0 Å². The molecule has 1 aliphatic heterocycles. The molecule has 0 saturated carbocycles. The van der Waals surface area contributed by atoms with Crippen LogP contribution in [0.1, 0.15) is 0 Å². The zero-order chi connectivity index (χ0) is 8.43. The van der Waals surface area contributed by atoms with Crippen LogP contribution in [0.3, 0.4) is 0 Å². The van der Waals surface area contributed by atoms with Crippen LogP contribution in [0.2, 0.25) is 0 Å². The molecular weight excluding hydrogens is 150 g/mol. The predicted molar refractivity (Wildman–Crippen MR) is 36.5 cm³/mol. The summed E-state index contributed by atoms with van der Waals surface area (Å²) in [6.07, 6.45) is -0.110. The van der Waals surface area contributed by atoms with E-state index in [4.69, 9.17) is 15.9 Å². The van der Waals surface area contributed by atoms with E-state index in [0.29, 0.717) is 0 Å². The quantitative estimate of drug-likeness (QED) is 0.359. The van der Waals surface area contributed by atoms with E-state index in [1.807, 2.05) is 0 Å². The van der Waals surface area contributed by atoms with E-state index >= 15 is 0 Å². The zero-order valence-corrected chi connectivity index (χ0v) is 5.48. The molecule has 0 aliphatic carbocycles. The van der Waals surface area contributed by atoms with Gasteiger partial charge in [-0.05, 0) is 6.08 Å². The van der Waals surface area contributed by atoms with Crippen molar-refractivity contribution in [2.45, 2.75) is 6.23 Å². The number of rotatable bonds is 1. The molecular formula is C5H7N3O3. The molecule has 0 spiro atoms. The third-order valence-corrected chi connectivity index (χ3v) is 1.08. The molecule has 1 heterocycles. The molecule has 6 nitrogen and oxygen atoms in total. The van der Waals surface area contributed by atoms with Crippen molar-refractivity contribution in [3.63, 3.8) is 0 Å². The number of aliphatic hydroxyl groups excluding tert-OH is 1. The Kier molecular flexibility index (Phi) is 1.77. The van der Waals surface area contributed by atoms with Gasteiger partial charge in [0.05, 0.1) is 0 Å². The average Bonchev–Trinajstić information content (AvgIpc) is 1.85. The van der Waals surface area contributed by atoms with Crippen molar-refractivity contribution in [3.8, 4) is 0 Å². The van der Waals surface area contributed by atoms with E-state index in [1.165, 1.54) is 0 Å². The predicted octanol–water partition coefficient (Wildman–Crippen LogP) is -1.81. The second kappa shape index (κ2) is 2.59. The largest absolute Gasteiger partial charge is 0.477 e. The normalized spacial score (nSPS) is 23.2. The molecule has 0 aromatic carbocycles. The van der Waals surface area contributed by atoms with Gasteiger partial charge in [-0.25, -0.2) is 9.79 Å². The first-order chi connectivity index (χ1) is 5.09. The summed E-state index contributed by atoms with van der Waals surface area (Å²) >= 11 is 0. The number of guanidine groups is 1. The minimum Gasteiger partial charge on any atom is -0.477 e. The maximum atomic E-state index is 10.3. The van der Waals surface area contributed by atoms with Crippen molar-refractivity contribution in [3.05, 3.63) is 11.8 Å². The molecule has 0 aromatic rings. The lowest BCUT2D eigenvalue weighted by atomic mass is 10.3. The molecule has 1 unspecified atom stereocenters. The third-order valence-electron chi connectivity index (χ3n) is 1.08. The fourth-order valence-corrected chi connectivity index (χ4v) is 0.666. The van der Waals surface area contributed by atoms with Crippen LogP contribution in [0, 0.1) is 0 Å². The van der Waals surface area contributed by atoms with Crippen molar-refractivity contribution < 1.29 is 15.0 Å². The van der Waals surface area contributed by atoms with E-state index in [2.05, 4.69) is 10.3 Å². The van der Waals surface area contributed by atoms with Crippen LogP contribution in [0.25, 0.3) is 0 Å². The highest BCUT2D eigenvalue weighted by molar-refractivity contribution is 5.94. The zero-order valence-electron chi connectivity index (χ0n) is 5.48. The van der Waals surface area contributed by atoms with Gasteiger partial charge in [0, 0.05) is 0 Å². The van der Waals surface area contributed by atoms with Gasteiger partial charge in [-0.2, -0.15) is 0 Å². The molecule has 1 aliphatic rings. The van der Waals surface area contributed by atoms with Crippen LogP contribution in [0.5, 0.6) is 0 Å². The van der Waals surface area contributed by atoms with E-state index < -0.39 is 12.2 Å². The molecule has 0 bridgehead atoms. The van der Waals surface area contributed by atoms with Crippen molar-refractivity contribution in [2.24, 2.45) is 10.7 Å². The molecule has 0 fully saturated rings. The van der Waals surface area contributed by atoms with Gasteiger partial charge in [0.1, 0.15) is 5.70 Å². The van der Waals surface area contributed by atoms with E-state index in [0.717, 1.165) is 6.08 Å². The lowest BCUT2D eigenvalue weighted by Gasteiger charge is -2.13. The van der Waals surface area contributed by atoms with Crippen LogP contribution >= 0.6 is 0 Å².